The maximum absolute atomic E-state index is 13.8. The Morgan fingerprint density at radius 1 is 1.03 bits per heavy atom. The van der Waals surface area contributed by atoms with E-state index in [0.717, 1.165) is 42.3 Å². The van der Waals surface area contributed by atoms with Crippen LogP contribution in [0.4, 0.5) is 0 Å². The van der Waals surface area contributed by atoms with E-state index in [2.05, 4.69) is 20.6 Å². The first-order chi connectivity index (χ1) is 18.8. The zero-order valence-corrected chi connectivity index (χ0v) is 23.0. The number of carbonyl (C=O) groups is 2. The molecule has 202 valence electrons. The Bertz CT molecular complexity index is 1600. The molecule has 0 bridgehead atoms. The second kappa shape index (κ2) is 11.0. The molecule has 1 saturated carbocycles. The van der Waals surface area contributed by atoms with Gasteiger partial charge in [0.05, 0.1) is 39.2 Å². The molecule has 5 rings (SSSR count). The second-order valence-electron chi connectivity index (χ2n) is 10.1. The van der Waals surface area contributed by atoms with Gasteiger partial charge in [0, 0.05) is 25.8 Å². The number of carbonyl (C=O) groups excluding carboxylic acids is 2. The molecule has 1 aromatic carbocycles. The first-order valence-corrected chi connectivity index (χ1v) is 13.5. The fraction of sp³-hybridized carbons (Fsp3) is 0.345. The van der Waals surface area contributed by atoms with Gasteiger partial charge in [0.15, 0.2) is 0 Å². The van der Waals surface area contributed by atoms with Crippen molar-refractivity contribution in [2.24, 2.45) is 5.92 Å². The van der Waals surface area contributed by atoms with Gasteiger partial charge in [-0.15, -0.1) is 0 Å². The second-order valence-corrected chi connectivity index (χ2v) is 10.6. The van der Waals surface area contributed by atoms with E-state index in [-0.39, 0.29) is 23.5 Å². The van der Waals surface area contributed by atoms with Crippen molar-refractivity contribution in [1.29, 1.82) is 0 Å². The Hall–Kier alpha value is -3.98. The summed E-state index contributed by atoms with van der Waals surface area (Å²) in [5, 5.41) is 6.13. The van der Waals surface area contributed by atoms with Gasteiger partial charge in [-0.25, -0.2) is 9.78 Å². The summed E-state index contributed by atoms with van der Waals surface area (Å²) in [6.07, 6.45) is 6.56. The number of para-hydroxylation sites is 1. The number of pyridine rings is 2. The van der Waals surface area contributed by atoms with E-state index in [1.54, 1.807) is 42.9 Å². The van der Waals surface area contributed by atoms with Crippen molar-refractivity contribution in [2.45, 2.75) is 52.1 Å². The van der Waals surface area contributed by atoms with Crippen molar-refractivity contribution in [3.05, 3.63) is 86.8 Å². The van der Waals surface area contributed by atoms with E-state index < -0.39 is 0 Å². The maximum atomic E-state index is 13.8. The summed E-state index contributed by atoms with van der Waals surface area (Å²) >= 11 is 6.04. The number of aromatic nitrogens is 4. The SMILES string of the molecule is CNC(=O)c1ccc(-n2c(=O)n(CC3CCC(NC(=O)c4cc(Cl)cnc4C)CC3)c3cccc(C)c32)cn1. The number of hydrogen-bond acceptors (Lipinski definition) is 5. The normalized spacial score (nSPS) is 17.2. The van der Waals surface area contributed by atoms with Crippen molar-refractivity contribution < 1.29 is 9.59 Å². The highest BCUT2D eigenvalue weighted by atomic mass is 35.5. The Morgan fingerprint density at radius 3 is 2.49 bits per heavy atom. The van der Waals surface area contributed by atoms with Gasteiger partial charge in [0.1, 0.15) is 5.69 Å². The lowest BCUT2D eigenvalue weighted by atomic mass is 9.85. The molecule has 4 aromatic rings. The molecular formula is C29H31ClN6O3. The molecule has 0 saturated heterocycles. The monoisotopic (exact) mass is 546 g/mol. The summed E-state index contributed by atoms with van der Waals surface area (Å²) < 4.78 is 3.53. The average molecular weight is 547 g/mol. The number of fused-ring (bicyclic) bond motifs is 1. The predicted molar refractivity (Wildman–Crippen MR) is 151 cm³/mol. The third-order valence-corrected chi connectivity index (χ3v) is 7.75. The molecule has 0 aliphatic heterocycles. The summed E-state index contributed by atoms with van der Waals surface area (Å²) in [5.41, 5.74) is 4.61. The lowest BCUT2D eigenvalue weighted by Gasteiger charge is -2.29. The van der Waals surface area contributed by atoms with E-state index in [1.165, 1.54) is 6.20 Å². The molecule has 9 nitrogen and oxygen atoms in total. The van der Waals surface area contributed by atoms with Crippen LogP contribution < -0.4 is 16.3 Å². The molecule has 2 amide bonds. The number of benzene rings is 1. The number of nitrogens with zero attached hydrogens (tertiary/aromatic N) is 4. The van der Waals surface area contributed by atoms with E-state index in [4.69, 9.17) is 11.6 Å². The van der Waals surface area contributed by atoms with Crippen LogP contribution in [0.1, 0.15) is 57.8 Å². The molecule has 2 N–H and O–H groups in total. The molecule has 10 heteroatoms. The number of amides is 2. The summed E-state index contributed by atoms with van der Waals surface area (Å²) in [6.45, 7) is 4.37. The number of aryl methyl sites for hydroxylation is 2. The highest BCUT2D eigenvalue weighted by Crippen LogP contribution is 2.28. The fourth-order valence-electron chi connectivity index (χ4n) is 5.42. The average Bonchev–Trinajstić information content (AvgIpc) is 3.22. The summed E-state index contributed by atoms with van der Waals surface area (Å²) in [6, 6.07) is 11.0. The highest BCUT2D eigenvalue weighted by Gasteiger charge is 2.26. The summed E-state index contributed by atoms with van der Waals surface area (Å²) in [4.78, 5) is 46.9. The van der Waals surface area contributed by atoms with E-state index in [1.807, 2.05) is 29.7 Å². The zero-order chi connectivity index (χ0) is 27.7. The zero-order valence-electron chi connectivity index (χ0n) is 22.2. The predicted octanol–water partition coefficient (Wildman–Crippen LogP) is 4.20. The number of rotatable bonds is 6. The van der Waals surface area contributed by atoms with Crippen LogP contribution in [-0.2, 0) is 6.54 Å². The molecule has 1 aliphatic carbocycles. The fourth-order valence-corrected chi connectivity index (χ4v) is 5.57. The van der Waals surface area contributed by atoms with Crippen LogP contribution in [0.2, 0.25) is 5.02 Å². The van der Waals surface area contributed by atoms with E-state index in [9.17, 15) is 14.4 Å². The minimum atomic E-state index is -0.279. The van der Waals surface area contributed by atoms with Gasteiger partial charge in [-0.1, -0.05) is 23.7 Å². The molecule has 3 aromatic heterocycles. The number of hydrogen-bond donors (Lipinski definition) is 2. The van der Waals surface area contributed by atoms with Gasteiger partial charge < -0.3 is 10.6 Å². The molecule has 0 spiro atoms. The van der Waals surface area contributed by atoms with Crippen molar-refractivity contribution in [3.8, 4) is 5.69 Å². The quantitative estimate of drug-likeness (QED) is 0.376. The summed E-state index contributed by atoms with van der Waals surface area (Å²) in [5.74, 6) is -0.130. The molecule has 1 aliphatic rings. The number of imidazole rings is 1. The Morgan fingerprint density at radius 2 is 1.79 bits per heavy atom. The molecular weight excluding hydrogens is 516 g/mol. The maximum Gasteiger partial charge on any atom is 0.333 e. The van der Waals surface area contributed by atoms with Gasteiger partial charge in [-0.05, 0) is 75.3 Å². The molecule has 0 atom stereocenters. The Balaban J connectivity index is 1.34. The first kappa shape index (κ1) is 26.6. The van der Waals surface area contributed by atoms with Crippen LogP contribution in [0.3, 0.4) is 0 Å². The van der Waals surface area contributed by atoms with Crippen LogP contribution in [0, 0.1) is 19.8 Å². The standard InChI is InChI=1S/C29H31ClN6O3/c1-17-5-4-6-25-26(17)36(22-11-12-24(33-15-22)28(38)31-3)29(39)35(25)16-19-7-9-21(10-8-19)34-27(37)23-13-20(30)14-32-18(23)2/h4-6,11-15,19,21H,7-10,16H2,1-3H3,(H,31,38)(H,34,37). The highest BCUT2D eigenvalue weighted by molar-refractivity contribution is 6.30. The van der Waals surface area contributed by atoms with Gasteiger partial charge in [-0.2, -0.15) is 0 Å². The van der Waals surface area contributed by atoms with Gasteiger partial charge in [0.2, 0.25) is 0 Å². The molecule has 0 unspecified atom stereocenters. The summed E-state index contributed by atoms with van der Waals surface area (Å²) in [7, 11) is 1.55. The van der Waals surface area contributed by atoms with Crippen LogP contribution in [0.25, 0.3) is 16.7 Å². The first-order valence-electron chi connectivity index (χ1n) is 13.1. The van der Waals surface area contributed by atoms with Crippen LogP contribution in [-0.4, -0.2) is 44.0 Å². The van der Waals surface area contributed by atoms with Gasteiger partial charge in [0.25, 0.3) is 11.8 Å². The lowest BCUT2D eigenvalue weighted by molar-refractivity contribution is 0.0917. The molecule has 3 heterocycles. The smallest absolute Gasteiger partial charge is 0.333 e. The third-order valence-electron chi connectivity index (χ3n) is 7.54. The molecule has 39 heavy (non-hydrogen) atoms. The Labute approximate surface area is 231 Å². The van der Waals surface area contributed by atoms with Gasteiger partial charge >= 0.3 is 5.69 Å². The topological polar surface area (TPSA) is 111 Å². The Kier molecular flexibility index (Phi) is 7.52. The number of halogens is 1. The minimum absolute atomic E-state index is 0.0670. The minimum Gasteiger partial charge on any atom is -0.354 e. The van der Waals surface area contributed by atoms with E-state index in [0.29, 0.717) is 40.1 Å². The van der Waals surface area contributed by atoms with Crippen LogP contribution >= 0.6 is 11.6 Å². The van der Waals surface area contributed by atoms with Crippen molar-refractivity contribution in [2.75, 3.05) is 7.05 Å². The largest absolute Gasteiger partial charge is 0.354 e. The molecule has 1 fully saturated rings. The van der Waals surface area contributed by atoms with Gasteiger partial charge in [-0.3, -0.25) is 23.7 Å². The lowest BCUT2D eigenvalue weighted by Crippen LogP contribution is -2.39. The third kappa shape index (κ3) is 5.31. The van der Waals surface area contributed by atoms with E-state index >= 15 is 0 Å². The van der Waals surface area contributed by atoms with Crippen LogP contribution in [0.15, 0.2) is 53.6 Å². The van der Waals surface area contributed by atoms with Crippen molar-refractivity contribution >= 4 is 34.4 Å². The molecule has 0 radical (unpaired) electrons. The van der Waals surface area contributed by atoms with Crippen LogP contribution in [0.5, 0.6) is 0 Å². The number of nitrogens with one attached hydrogen (secondary N) is 2. The van der Waals surface area contributed by atoms with Crippen molar-refractivity contribution in [1.82, 2.24) is 29.7 Å². The van der Waals surface area contributed by atoms with Crippen molar-refractivity contribution in [3.63, 3.8) is 0 Å².